The van der Waals surface area contributed by atoms with Crippen molar-refractivity contribution in [2.45, 2.75) is 46.0 Å². The molecule has 2 atom stereocenters. The lowest BCUT2D eigenvalue weighted by Crippen LogP contribution is -2.35. The largest absolute Gasteiger partial charge is 0.462 e. The maximum Gasteiger partial charge on any atom is 0.334 e. The summed E-state index contributed by atoms with van der Waals surface area (Å²) in [6, 6.07) is 0. The minimum Gasteiger partial charge on any atom is -0.462 e. The van der Waals surface area contributed by atoms with Gasteiger partial charge in [0.15, 0.2) is 0 Å². The van der Waals surface area contributed by atoms with E-state index >= 15 is 0 Å². The molecule has 102 valence electrons. The van der Waals surface area contributed by atoms with Crippen LogP contribution in [0, 0.1) is 11.8 Å². The highest BCUT2D eigenvalue weighted by Gasteiger charge is 2.33. The van der Waals surface area contributed by atoms with Gasteiger partial charge in [0.25, 0.3) is 0 Å². The fourth-order valence-corrected chi connectivity index (χ4v) is 2.35. The van der Waals surface area contributed by atoms with Crippen LogP contribution >= 0.6 is 0 Å². The molecule has 4 heteroatoms. The van der Waals surface area contributed by atoms with E-state index in [0.717, 1.165) is 32.1 Å². The van der Waals surface area contributed by atoms with Crippen LogP contribution in [0.4, 0.5) is 0 Å². The van der Waals surface area contributed by atoms with Crippen molar-refractivity contribution in [1.82, 2.24) is 0 Å². The first-order chi connectivity index (χ1) is 8.57. The first kappa shape index (κ1) is 14.7. The Morgan fingerprint density at radius 1 is 1.44 bits per heavy atom. The first-order valence-corrected chi connectivity index (χ1v) is 6.74. The number of esters is 1. The molecule has 0 spiro atoms. The summed E-state index contributed by atoms with van der Waals surface area (Å²) in [5, 5.41) is 0. The van der Waals surface area contributed by atoms with Gasteiger partial charge < -0.3 is 10.5 Å². The van der Waals surface area contributed by atoms with Gasteiger partial charge in [0.1, 0.15) is 0 Å². The molecule has 2 unspecified atom stereocenters. The van der Waals surface area contributed by atoms with Crippen LogP contribution in [0.5, 0.6) is 0 Å². The molecule has 1 aliphatic rings. The van der Waals surface area contributed by atoms with Crippen molar-refractivity contribution in [2.24, 2.45) is 17.6 Å². The maximum atomic E-state index is 11.9. The zero-order valence-corrected chi connectivity index (χ0v) is 11.3. The molecule has 4 nitrogen and oxygen atoms in total. The van der Waals surface area contributed by atoms with Crippen molar-refractivity contribution >= 4 is 11.9 Å². The number of nitrogens with two attached hydrogens (primary N) is 1. The van der Waals surface area contributed by atoms with Gasteiger partial charge in [-0.2, -0.15) is 0 Å². The summed E-state index contributed by atoms with van der Waals surface area (Å²) >= 11 is 0. The summed E-state index contributed by atoms with van der Waals surface area (Å²) in [5.41, 5.74) is 5.83. The van der Waals surface area contributed by atoms with Crippen molar-refractivity contribution in [3.63, 3.8) is 0 Å². The Morgan fingerprint density at radius 2 is 2.17 bits per heavy atom. The van der Waals surface area contributed by atoms with Crippen LogP contribution in [0.1, 0.15) is 46.0 Å². The van der Waals surface area contributed by atoms with E-state index < -0.39 is 11.8 Å². The van der Waals surface area contributed by atoms with Crippen LogP contribution in [0.2, 0.25) is 0 Å². The SMILES string of the molecule is CCCCCOC(=O)C1=CCCC(C)C1C(N)=O. The molecule has 18 heavy (non-hydrogen) atoms. The molecule has 2 N–H and O–H groups in total. The molecule has 0 heterocycles. The van der Waals surface area contributed by atoms with Gasteiger partial charge >= 0.3 is 5.97 Å². The maximum absolute atomic E-state index is 11.9. The minimum atomic E-state index is -0.488. The van der Waals surface area contributed by atoms with Crippen molar-refractivity contribution in [3.05, 3.63) is 11.6 Å². The second-order valence-electron chi connectivity index (χ2n) is 4.94. The summed E-state index contributed by atoms with van der Waals surface area (Å²) in [6.45, 7) is 4.47. The molecule has 0 saturated heterocycles. The van der Waals surface area contributed by atoms with Gasteiger partial charge in [-0.15, -0.1) is 0 Å². The van der Waals surface area contributed by atoms with Gasteiger partial charge in [-0.3, -0.25) is 4.79 Å². The number of hydrogen-bond acceptors (Lipinski definition) is 3. The number of amides is 1. The van der Waals surface area contributed by atoms with E-state index in [0.29, 0.717) is 12.2 Å². The van der Waals surface area contributed by atoms with Crippen LogP contribution in [-0.4, -0.2) is 18.5 Å². The monoisotopic (exact) mass is 253 g/mol. The van der Waals surface area contributed by atoms with Gasteiger partial charge in [-0.25, -0.2) is 4.79 Å². The van der Waals surface area contributed by atoms with E-state index in [-0.39, 0.29) is 11.9 Å². The molecule has 0 radical (unpaired) electrons. The number of rotatable bonds is 6. The van der Waals surface area contributed by atoms with E-state index in [1.807, 2.05) is 6.92 Å². The van der Waals surface area contributed by atoms with Crippen molar-refractivity contribution in [3.8, 4) is 0 Å². The normalized spacial score (nSPS) is 23.3. The Kier molecular flexibility index (Phi) is 5.89. The van der Waals surface area contributed by atoms with E-state index in [9.17, 15) is 9.59 Å². The molecule has 0 fully saturated rings. The predicted octanol–water partition coefficient (Wildman–Crippen LogP) is 2.18. The molecule has 0 aromatic rings. The zero-order chi connectivity index (χ0) is 13.5. The molecule has 0 aliphatic heterocycles. The van der Waals surface area contributed by atoms with Crippen LogP contribution < -0.4 is 5.73 Å². The Labute approximate surface area is 109 Å². The average molecular weight is 253 g/mol. The second-order valence-corrected chi connectivity index (χ2v) is 4.94. The lowest BCUT2D eigenvalue weighted by atomic mass is 9.79. The fourth-order valence-electron chi connectivity index (χ4n) is 2.35. The zero-order valence-electron chi connectivity index (χ0n) is 11.3. The van der Waals surface area contributed by atoms with E-state index in [1.54, 1.807) is 6.08 Å². The minimum absolute atomic E-state index is 0.116. The third kappa shape index (κ3) is 3.86. The lowest BCUT2D eigenvalue weighted by Gasteiger charge is -2.26. The average Bonchev–Trinajstić information content (AvgIpc) is 2.33. The number of hydrogen-bond donors (Lipinski definition) is 1. The van der Waals surface area contributed by atoms with Gasteiger partial charge in [0, 0.05) is 5.57 Å². The van der Waals surface area contributed by atoms with Gasteiger partial charge in [-0.1, -0.05) is 32.8 Å². The third-order valence-electron chi connectivity index (χ3n) is 3.41. The standard InChI is InChI=1S/C14H23NO3/c1-3-4-5-9-18-14(17)11-8-6-7-10(2)12(11)13(15)16/h8,10,12H,3-7,9H2,1-2H3,(H2,15,16). The van der Waals surface area contributed by atoms with Crippen molar-refractivity contribution in [2.75, 3.05) is 6.61 Å². The highest BCUT2D eigenvalue weighted by molar-refractivity contribution is 5.97. The van der Waals surface area contributed by atoms with Crippen LogP contribution in [0.25, 0.3) is 0 Å². The van der Waals surface area contributed by atoms with E-state index in [4.69, 9.17) is 10.5 Å². The summed E-state index contributed by atoms with van der Waals surface area (Å²) in [5.74, 6) is -1.18. The smallest absolute Gasteiger partial charge is 0.334 e. The van der Waals surface area contributed by atoms with E-state index in [2.05, 4.69) is 6.92 Å². The number of ether oxygens (including phenoxy) is 1. The van der Waals surface area contributed by atoms with Gasteiger partial charge in [0.2, 0.25) is 5.91 Å². The molecular formula is C14H23NO3. The highest BCUT2D eigenvalue weighted by atomic mass is 16.5. The molecule has 1 aliphatic carbocycles. The Hall–Kier alpha value is -1.32. The van der Waals surface area contributed by atoms with E-state index in [1.165, 1.54) is 0 Å². The van der Waals surface area contributed by atoms with Crippen LogP contribution in [-0.2, 0) is 14.3 Å². The molecule has 1 rings (SSSR count). The third-order valence-corrected chi connectivity index (χ3v) is 3.41. The van der Waals surface area contributed by atoms with Gasteiger partial charge in [0.05, 0.1) is 12.5 Å². The van der Waals surface area contributed by atoms with Crippen molar-refractivity contribution < 1.29 is 14.3 Å². The van der Waals surface area contributed by atoms with Gasteiger partial charge in [-0.05, 0) is 25.2 Å². The molecule has 0 bridgehead atoms. The fraction of sp³-hybridized carbons (Fsp3) is 0.714. The molecule has 0 aromatic heterocycles. The number of carbonyl (C=O) groups is 2. The summed E-state index contributed by atoms with van der Waals surface area (Å²) in [6.07, 6.45) is 6.50. The van der Waals surface area contributed by atoms with Crippen molar-refractivity contribution in [1.29, 1.82) is 0 Å². The molecule has 0 saturated carbocycles. The number of unbranched alkanes of at least 4 members (excludes halogenated alkanes) is 2. The quantitative estimate of drug-likeness (QED) is 0.582. The predicted molar refractivity (Wildman–Crippen MR) is 69.6 cm³/mol. The van der Waals surface area contributed by atoms with Crippen LogP contribution in [0.15, 0.2) is 11.6 Å². The Bertz CT molecular complexity index is 336. The summed E-state index contributed by atoms with van der Waals surface area (Å²) < 4.78 is 5.20. The summed E-state index contributed by atoms with van der Waals surface area (Å²) in [4.78, 5) is 23.4. The highest BCUT2D eigenvalue weighted by Crippen LogP contribution is 2.30. The molecule has 0 aromatic carbocycles. The summed E-state index contributed by atoms with van der Waals surface area (Å²) in [7, 11) is 0. The van der Waals surface area contributed by atoms with Crippen LogP contribution in [0.3, 0.4) is 0 Å². The first-order valence-electron chi connectivity index (χ1n) is 6.74. The lowest BCUT2D eigenvalue weighted by molar-refractivity contribution is -0.141. The topological polar surface area (TPSA) is 69.4 Å². The second kappa shape index (κ2) is 7.19. The number of carbonyl (C=O) groups excluding carboxylic acids is 2. The molecular weight excluding hydrogens is 230 g/mol. The molecule has 1 amide bonds. The number of allylic oxidation sites excluding steroid dienone is 1. The number of primary amides is 1. The Morgan fingerprint density at radius 3 is 2.78 bits per heavy atom. The Balaban J connectivity index is 2.59.